The molecule has 0 aliphatic carbocycles. The molecule has 0 amide bonds. The first-order valence-corrected chi connectivity index (χ1v) is 9.52. The van der Waals surface area contributed by atoms with Crippen LogP contribution in [0.25, 0.3) is 0 Å². The molecule has 7 nitrogen and oxygen atoms in total. The number of nitrogens with one attached hydrogen (secondary N) is 2. The fraction of sp³-hybridized carbons (Fsp3) is 0.588. The lowest BCUT2D eigenvalue weighted by atomic mass is 9.99. The van der Waals surface area contributed by atoms with Crippen molar-refractivity contribution in [3.63, 3.8) is 0 Å². The number of hydrogen-bond acceptors (Lipinski definition) is 5. The number of aliphatic imine (C=N–C) groups is 1. The van der Waals surface area contributed by atoms with Crippen molar-refractivity contribution in [2.24, 2.45) is 10.9 Å². The third-order valence-electron chi connectivity index (χ3n) is 4.75. The molecular formula is C17H26N6OS. The summed E-state index contributed by atoms with van der Waals surface area (Å²) in [6, 6.07) is 1.95. The van der Waals surface area contributed by atoms with Gasteiger partial charge in [-0.15, -0.1) is 10.2 Å². The fourth-order valence-electron chi connectivity index (χ4n) is 3.09. The molecule has 0 aromatic carbocycles. The summed E-state index contributed by atoms with van der Waals surface area (Å²) in [4.78, 5) is 4.26. The van der Waals surface area contributed by atoms with E-state index in [-0.39, 0.29) is 0 Å². The van der Waals surface area contributed by atoms with Gasteiger partial charge in [0.1, 0.15) is 17.2 Å². The molecule has 2 unspecified atom stereocenters. The highest BCUT2D eigenvalue weighted by Gasteiger charge is 2.24. The second-order valence-electron chi connectivity index (χ2n) is 6.77. The largest absolute Gasteiger partial charge is 0.384 e. The number of hydrogen-bond donors (Lipinski definition) is 3. The Hall–Kier alpha value is -1.93. The highest BCUT2D eigenvalue weighted by Crippen LogP contribution is 2.22. The Labute approximate surface area is 152 Å². The lowest BCUT2D eigenvalue weighted by Gasteiger charge is -2.27. The Morgan fingerprint density at radius 3 is 3.04 bits per heavy atom. The van der Waals surface area contributed by atoms with Gasteiger partial charge in [-0.25, -0.2) is 0 Å². The van der Waals surface area contributed by atoms with Crippen LogP contribution in [-0.2, 0) is 18.6 Å². The highest BCUT2D eigenvalue weighted by molar-refractivity contribution is 7.08. The summed E-state index contributed by atoms with van der Waals surface area (Å²) in [5.41, 5.74) is 0.0000736. The van der Waals surface area contributed by atoms with Crippen molar-refractivity contribution >= 4 is 17.3 Å². The molecular weight excluding hydrogens is 336 g/mol. The van der Waals surface area contributed by atoms with Crippen LogP contribution in [0.5, 0.6) is 0 Å². The molecule has 0 bridgehead atoms. The molecule has 2 aromatic rings. The van der Waals surface area contributed by atoms with Crippen LogP contribution < -0.4 is 10.6 Å². The van der Waals surface area contributed by atoms with E-state index in [1.165, 1.54) is 0 Å². The highest BCUT2D eigenvalue weighted by atomic mass is 32.1. The summed E-state index contributed by atoms with van der Waals surface area (Å²) in [7, 11) is 1.75. The fourth-order valence-corrected chi connectivity index (χ4v) is 3.87. The molecule has 136 valence electrons. The van der Waals surface area contributed by atoms with Gasteiger partial charge >= 0.3 is 0 Å². The third kappa shape index (κ3) is 4.19. The molecule has 2 aromatic heterocycles. The number of thiophene rings is 1. The van der Waals surface area contributed by atoms with Crippen LogP contribution in [0.1, 0.15) is 30.6 Å². The van der Waals surface area contributed by atoms with E-state index in [0.717, 1.165) is 43.1 Å². The predicted octanol–water partition coefficient (Wildman–Crippen LogP) is 1.28. The van der Waals surface area contributed by atoms with Crippen LogP contribution in [0.3, 0.4) is 0 Å². The van der Waals surface area contributed by atoms with Crippen LogP contribution in [0, 0.1) is 12.8 Å². The summed E-state index contributed by atoms with van der Waals surface area (Å²) >= 11 is 1.59. The van der Waals surface area contributed by atoms with Crippen LogP contribution in [0.15, 0.2) is 21.8 Å². The molecule has 3 rings (SSSR count). The third-order valence-corrected chi connectivity index (χ3v) is 5.44. The van der Waals surface area contributed by atoms with Gasteiger partial charge in [-0.2, -0.15) is 11.3 Å². The minimum absolute atomic E-state index is 0.406. The zero-order valence-corrected chi connectivity index (χ0v) is 15.8. The molecule has 3 N–H and O–H groups in total. The summed E-state index contributed by atoms with van der Waals surface area (Å²) in [5, 5.41) is 29.5. The molecule has 0 saturated heterocycles. The minimum atomic E-state index is -0.920. The quantitative estimate of drug-likeness (QED) is 0.551. The average molecular weight is 363 g/mol. The smallest absolute Gasteiger partial charge is 0.191 e. The van der Waals surface area contributed by atoms with E-state index < -0.39 is 5.60 Å². The van der Waals surface area contributed by atoms with Crippen molar-refractivity contribution in [1.29, 1.82) is 0 Å². The molecule has 0 spiro atoms. The van der Waals surface area contributed by atoms with Crippen molar-refractivity contribution in [1.82, 2.24) is 25.4 Å². The van der Waals surface area contributed by atoms with E-state index in [4.69, 9.17) is 0 Å². The van der Waals surface area contributed by atoms with E-state index in [2.05, 4.69) is 30.4 Å². The van der Waals surface area contributed by atoms with Crippen LogP contribution in [0.2, 0.25) is 0 Å². The number of aromatic nitrogens is 3. The second kappa shape index (κ2) is 7.53. The molecule has 0 radical (unpaired) electrons. The molecule has 0 saturated carbocycles. The SMILES string of the molecule is CN=C(NCC1CCc2nnc(C)n2C1)NCC(C)(O)c1ccsc1. The Kier molecular flexibility index (Phi) is 5.39. The minimum Gasteiger partial charge on any atom is -0.384 e. The molecule has 1 aliphatic rings. The van der Waals surface area contributed by atoms with Gasteiger partial charge in [0.05, 0.1) is 6.54 Å². The monoisotopic (exact) mass is 362 g/mol. The first kappa shape index (κ1) is 17.9. The Morgan fingerprint density at radius 2 is 2.32 bits per heavy atom. The van der Waals surface area contributed by atoms with Crippen molar-refractivity contribution in [2.45, 2.75) is 38.8 Å². The van der Waals surface area contributed by atoms with Crippen molar-refractivity contribution in [3.8, 4) is 0 Å². The standard InChI is InChI=1S/C17H26N6OS/c1-12-21-22-15-5-4-13(9-23(12)15)8-19-16(18-3)20-11-17(2,24)14-6-7-25-10-14/h6-7,10,13,24H,4-5,8-9,11H2,1-3H3,(H2,18,19,20). The molecule has 25 heavy (non-hydrogen) atoms. The number of aryl methyl sites for hydroxylation is 2. The van der Waals surface area contributed by atoms with Crippen molar-refractivity contribution in [2.75, 3.05) is 20.1 Å². The normalized spacial score (nSPS) is 20.0. The average Bonchev–Trinajstić information content (AvgIpc) is 3.26. The van der Waals surface area contributed by atoms with Crippen molar-refractivity contribution in [3.05, 3.63) is 34.0 Å². The van der Waals surface area contributed by atoms with E-state index >= 15 is 0 Å². The zero-order valence-electron chi connectivity index (χ0n) is 15.0. The molecule has 3 heterocycles. The van der Waals surface area contributed by atoms with Gasteiger partial charge in [0, 0.05) is 26.6 Å². The van der Waals surface area contributed by atoms with E-state index in [1.54, 1.807) is 18.4 Å². The van der Waals surface area contributed by atoms with Gasteiger partial charge in [0.15, 0.2) is 5.96 Å². The van der Waals surface area contributed by atoms with Crippen molar-refractivity contribution < 1.29 is 5.11 Å². The first-order valence-electron chi connectivity index (χ1n) is 8.58. The predicted molar refractivity (Wildman–Crippen MR) is 99.8 cm³/mol. The maximum atomic E-state index is 10.6. The van der Waals surface area contributed by atoms with Gasteiger partial charge in [-0.05, 0) is 48.6 Å². The Bertz CT molecular complexity index is 722. The Morgan fingerprint density at radius 1 is 1.48 bits per heavy atom. The lowest BCUT2D eigenvalue weighted by Crippen LogP contribution is -2.46. The van der Waals surface area contributed by atoms with Gasteiger partial charge in [0.2, 0.25) is 0 Å². The molecule has 1 aliphatic heterocycles. The summed E-state index contributed by atoms with van der Waals surface area (Å²) in [6.07, 6.45) is 2.06. The maximum absolute atomic E-state index is 10.6. The van der Waals surface area contributed by atoms with Gasteiger partial charge in [-0.1, -0.05) is 0 Å². The summed E-state index contributed by atoms with van der Waals surface area (Å²) < 4.78 is 2.20. The zero-order chi connectivity index (χ0) is 17.9. The molecule has 8 heteroatoms. The van der Waals surface area contributed by atoms with E-state index in [0.29, 0.717) is 18.4 Å². The Balaban J connectivity index is 1.49. The summed E-state index contributed by atoms with van der Waals surface area (Å²) in [6.45, 7) is 5.98. The molecule has 2 atom stereocenters. The second-order valence-corrected chi connectivity index (χ2v) is 7.55. The van der Waals surface area contributed by atoms with Crippen LogP contribution in [-0.4, -0.2) is 46.0 Å². The van der Waals surface area contributed by atoms with Gasteiger partial charge in [0.25, 0.3) is 0 Å². The first-order chi connectivity index (χ1) is 12.0. The van der Waals surface area contributed by atoms with Crippen LogP contribution in [0.4, 0.5) is 0 Å². The number of guanidine groups is 1. The van der Waals surface area contributed by atoms with Gasteiger partial charge in [-0.3, -0.25) is 4.99 Å². The number of aliphatic hydroxyl groups is 1. The topological polar surface area (TPSA) is 87.4 Å². The summed E-state index contributed by atoms with van der Waals surface area (Å²) in [5.74, 6) is 3.29. The van der Waals surface area contributed by atoms with Crippen LogP contribution >= 0.6 is 11.3 Å². The van der Waals surface area contributed by atoms with Gasteiger partial charge < -0.3 is 20.3 Å². The molecule has 0 fully saturated rings. The number of fused-ring (bicyclic) bond motifs is 1. The lowest BCUT2D eigenvalue weighted by molar-refractivity contribution is 0.0621. The maximum Gasteiger partial charge on any atom is 0.191 e. The van der Waals surface area contributed by atoms with E-state index in [1.807, 2.05) is 30.7 Å². The number of rotatable bonds is 5. The number of nitrogens with zero attached hydrogens (tertiary/aromatic N) is 4. The van der Waals surface area contributed by atoms with E-state index in [9.17, 15) is 5.11 Å².